The third kappa shape index (κ3) is 15.5. The zero-order valence-corrected chi connectivity index (χ0v) is 4.34. The summed E-state index contributed by atoms with van der Waals surface area (Å²) in [6.07, 6.45) is 0. The molecule has 0 aliphatic rings. The minimum Gasteiger partial charge on any atom is -0.281 e. The Morgan fingerprint density at radius 2 is 1.25 bits per heavy atom. The van der Waals surface area contributed by atoms with Gasteiger partial charge in [0.15, 0.2) is 0 Å². The van der Waals surface area contributed by atoms with Crippen molar-refractivity contribution < 1.29 is 24.3 Å². The Labute approximate surface area is 41.5 Å². The summed E-state index contributed by atoms with van der Waals surface area (Å²) >= 11 is 0. The molecule has 0 spiro atoms. The van der Waals surface area contributed by atoms with E-state index < -0.39 is 0 Å². The molecule has 1 nitrogen and oxygen atoms in total. The van der Waals surface area contributed by atoms with E-state index in [9.17, 15) is 0 Å². The summed E-state index contributed by atoms with van der Waals surface area (Å²) in [6.45, 7) is 4.50. The molecule has 0 atom stereocenters. The minimum absolute atomic E-state index is 0. The molecule has 0 N–H and O–H groups in total. The Morgan fingerprint density at radius 3 is 1.25 bits per heavy atom. The van der Waals surface area contributed by atoms with Gasteiger partial charge in [0.2, 0.25) is 0 Å². The van der Waals surface area contributed by atoms with Gasteiger partial charge in [-0.2, -0.15) is 0 Å². The van der Waals surface area contributed by atoms with E-state index in [0.29, 0.717) is 0 Å². The Kier molecular flexibility index (Phi) is 291. The van der Waals surface area contributed by atoms with Crippen LogP contribution in [0.15, 0.2) is 0 Å². The van der Waals surface area contributed by atoms with E-state index in [4.69, 9.17) is 4.79 Å². The van der Waals surface area contributed by atoms with E-state index in [1.54, 1.807) is 0 Å². The van der Waals surface area contributed by atoms with Gasteiger partial charge in [0.05, 0.1) is 0 Å². The Bertz CT molecular complexity index is 8.00. The van der Waals surface area contributed by atoms with Gasteiger partial charge in [-0.05, 0) is 0 Å². The second-order valence-electron chi connectivity index (χ2n) is 0. The average Bonchev–Trinajstić information content (AvgIpc) is 1.00. The van der Waals surface area contributed by atoms with Gasteiger partial charge in [-0.25, -0.2) is 0 Å². The molecule has 0 saturated carbocycles. The summed E-state index contributed by atoms with van der Waals surface area (Å²) in [4.78, 5) is 7.50. The molecule has 0 aromatic rings. The summed E-state index contributed by atoms with van der Waals surface area (Å²) in [5.41, 5.74) is 0. The number of carbonyl (C=O) groups excluding carboxylic acids is 1. The first-order valence-electron chi connectivity index (χ1n) is 0.204. The second-order valence-corrected chi connectivity index (χ2v) is 0. The van der Waals surface area contributed by atoms with Crippen molar-refractivity contribution in [1.29, 1.82) is 0 Å². The van der Waals surface area contributed by atoms with E-state index in [-0.39, 0.29) is 29.4 Å². The van der Waals surface area contributed by atoms with Gasteiger partial charge in [-0.3, -0.25) is 4.79 Å². The third-order valence-electron chi connectivity index (χ3n) is 0. The molecular weight excluding hydrogens is 160 g/mol. The average molecular weight is 160 g/mol. The van der Waals surface area contributed by atoms with E-state index in [1.165, 1.54) is 0 Å². The van der Waals surface area contributed by atoms with Gasteiger partial charge in [0.1, 0.15) is 0 Å². The van der Waals surface area contributed by atoms with Crippen LogP contribution in [-0.2, 0) is 24.3 Å². The second kappa shape index (κ2) is 52.8. The number of hydrogen-bond donors (Lipinski definition) is 0. The maximum atomic E-state index is 7.50. The van der Waals surface area contributed by atoms with Crippen molar-refractivity contribution in [3.05, 3.63) is 0 Å². The third-order valence-corrected chi connectivity index (χ3v) is 0. The largest absolute Gasteiger partial charge is 0.281 e. The van der Waals surface area contributed by atoms with Gasteiger partial charge in [0, 0.05) is 29.4 Å². The smallest absolute Gasteiger partial charge is 0.281 e. The van der Waals surface area contributed by atoms with Crippen LogP contribution < -0.4 is 0 Å². The van der Waals surface area contributed by atoms with E-state index in [2.05, 4.69) is 6.79 Å². The fraction of sp³-hybridized carbons (Fsp3) is 0. The van der Waals surface area contributed by atoms with Crippen LogP contribution in [0.4, 0.5) is 0 Å². The molecule has 0 aromatic heterocycles. The molecule has 0 aliphatic carbocycles. The van der Waals surface area contributed by atoms with Crippen LogP contribution in [0.5, 0.6) is 0 Å². The van der Waals surface area contributed by atoms with Gasteiger partial charge < -0.3 is 0 Å². The van der Waals surface area contributed by atoms with Crippen LogP contribution in [0.3, 0.4) is 0 Å². The first-order chi connectivity index (χ1) is 1.00. The molecule has 23 valence electrons. The first kappa shape index (κ1) is 22.0. The molecular formula is COPRu. The molecule has 0 bridgehead atoms. The van der Waals surface area contributed by atoms with Gasteiger partial charge >= 0.3 is 0 Å². The first-order valence-corrected chi connectivity index (χ1v) is 0.204. The standard InChI is InChI=1S/CO.P.Ru/c1-2;;. The minimum atomic E-state index is 0. The topological polar surface area (TPSA) is 17.1 Å². The summed E-state index contributed by atoms with van der Waals surface area (Å²) in [5.74, 6) is 0. The molecule has 0 aromatic carbocycles. The fourth-order valence-electron chi connectivity index (χ4n) is 0. The summed E-state index contributed by atoms with van der Waals surface area (Å²) in [7, 11) is 0. The van der Waals surface area contributed by atoms with Gasteiger partial charge in [-0.1, -0.05) is 0 Å². The number of rotatable bonds is 0. The Morgan fingerprint density at radius 1 is 1.25 bits per heavy atom. The predicted molar refractivity (Wildman–Crippen MR) is 12.6 cm³/mol. The molecule has 0 heterocycles. The summed E-state index contributed by atoms with van der Waals surface area (Å²) in [5, 5.41) is 0. The summed E-state index contributed by atoms with van der Waals surface area (Å²) in [6, 6.07) is 0. The van der Waals surface area contributed by atoms with Crippen LogP contribution in [-0.4, -0.2) is 6.79 Å². The zero-order valence-electron chi connectivity index (χ0n) is 1.71. The van der Waals surface area contributed by atoms with Crippen LogP contribution in [0.2, 0.25) is 0 Å². The molecule has 4 heavy (non-hydrogen) atoms. The number of hydrogen-bond acceptors (Lipinski definition) is 1. The van der Waals surface area contributed by atoms with E-state index in [1.807, 2.05) is 0 Å². The van der Waals surface area contributed by atoms with E-state index >= 15 is 0 Å². The van der Waals surface area contributed by atoms with Crippen molar-refractivity contribution in [2.24, 2.45) is 0 Å². The Balaban J connectivity index is -0.00000000500. The van der Waals surface area contributed by atoms with Crippen LogP contribution in [0, 0.1) is 0 Å². The predicted octanol–water partition coefficient (Wildman–Crippen LogP) is 0.462. The molecule has 5 radical (unpaired) electrons. The van der Waals surface area contributed by atoms with Crippen molar-refractivity contribution in [1.82, 2.24) is 0 Å². The maximum absolute atomic E-state index is 7.50. The molecule has 0 aliphatic heterocycles. The molecule has 3 heteroatoms. The maximum Gasteiger partial charge on any atom is 0.281 e. The Hall–Kier alpha value is 0.723. The van der Waals surface area contributed by atoms with Crippen molar-refractivity contribution in [2.45, 2.75) is 0 Å². The molecule has 0 rings (SSSR count). The molecule has 0 amide bonds. The van der Waals surface area contributed by atoms with Crippen molar-refractivity contribution in [3.8, 4) is 0 Å². The van der Waals surface area contributed by atoms with Crippen LogP contribution in [0.25, 0.3) is 0 Å². The van der Waals surface area contributed by atoms with Crippen LogP contribution >= 0.6 is 9.90 Å². The summed E-state index contributed by atoms with van der Waals surface area (Å²) < 4.78 is 0. The quantitative estimate of drug-likeness (QED) is 0.371. The molecule has 0 fully saturated rings. The fourth-order valence-corrected chi connectivity index (χ4v) is 0. The molecule has 0 saturated heterocycles. The monoisotopic (exact) mass is 161 g/mol. The van der Waals surface area contributed by atoms with Crippen molar-refractivity contribution in [3.63, 3.8) is 0 Å². The van der Waals surface area contributed by atoms with Gasteiger partial charge in [-0.15, -0.1) is 0 Å². The van der Waals surface area contributed by atoms with Gasteiger partial charge in [0.25, 0.3) is 6.79 Å². The van der Waals surface area contributed by atoms with Crippen molar-refractivity contribution in [2.75, 3.05) is 0 Å². The molecule has 0 unspecified atom stereocenters. The SMILES string of the molecule is [C]=O.[P].[Ru]. The van der Waals surface area contributed by atoms with Crippen molar-refractivity contribution >= 4 is 16.7 Å². The van der Waals surface area contributed by atoms with Crippen LogP contribution in [0.1, 0.15) is 0 Å². The van der Waals surface area contributed by atoms with E-state index in [0.717, 1.165) is 0 Å². The normalized spacial score (nSPS) is 1.00. The zero-order chi connectivity index (χ0) is 2.00.